The summed E-state index contributed by atoms with van der Waals surface area (Å²) in [4.78, 5) is 43.0. The van der Waals surface area contributed by atoms with E-state index < -0.39 is 0 Å². The van der Waals surface area contributed by atoms with Crippen LogP contribution in [-0.4, -0.2) is 40.1 Å². The van der Waals surface area contributed by atoms with Crippen LogP contribution in [0.3, 0.4) is 0 Å². The van der Waals surface area contributed by atoms with E-state index in [4.69, 9.17) is 0 Å². The topological polar surface area (TPSA) is 82.3 Å². The molecule has 2 heterocycles. The number of ketones is 1. The molecule has 0 bridgehead atoms. The van der Waals surface area contributed by atoms with Crippen molar-refractivity contribution in [3.8, 4) is 0 Å². The zero-order valence-electron chi connectivity index (χ0n) is 17.2. The van der Waals surface area contributed by atoms with Crippen molar-refractivity contribution in [2.45, 2.75) is 59.0 Å². The van der Waals surface area contributed by atoms with Gasteiger partial charge < -0.3 is 15.2 Å². The first-order chi connectivity index (χ1) is 13.9. The van der Waals surface area contributed by atoms with Crippen molar-refractivity contribution < 1.29 is 14.4 Å². The lowest BCUT2D eigenvalue weighted by atomic mass is 9.97. The number of aromatic amines is 1. The standard InChI is InChI=1S/C23H27N3O3/c1-4-9-26-12-18-20(23(26)29)14(3)21(25-18)19(27)11-16-10-15(6-5-13(16)2)22(28)24-17-7-8-17/h5-6,10,17,25H,4,7-9,11-12H2,1-3H3,(H,24,28). The first-order valence-electron chi connectivity index (χ1n) is 10.3. The second-order valence-electron chi connectivity index (χ2n) is 8.19. The van der Waals surface area contributed by atoms with Crippen molar-refractivity contribution in [3.63, 3.8) is 0 Å². The number of hydrogen-bond acceptors (Lipinski definition) is 3. The summed E-state index contributed by atoms with van der Waals surface area (Å²) in [5.41, 5.74) is 5.12. The molecular formula is C23H27N3O3. The Morgan fingerprint density at radius 1 is 1.24 bits per heavy atom. The molecule has 152 valence electrons. The molecule has 6 heteroatoms. The first-order valence-corrected chi connectivity index (χ1v) is 10.3. The number of hydrogen-bond donors (Lipinski definition) is 2. The van der Waals surface area contributed by atoms with E-state index in [1.807, 2.05) is 37.8 Å². The van der Waals surface area contributed by atoms with E-state index in [2.05, 4.69) is 10.3 Å². The monoisotopic (exact) mass is 393 g/mol. The van der Waals surface area contributed by atoms with E-state index in [0.29, 0.717) is 29.4 Å². The van der Waals surface area contributed by atoms with Crippen LogP contribution >= 0.6 is 0 Å². The zero-order valence-corrected chi connectivity index (χ0v) is 17.2. The Kier molecular flexibility index (Phi) is 5.03. The molecule has 2 N–H and O–H groups in total. The molecule has 0 atom stereocenters. The second kappa shape index (κ2) is 7.50. The lowest BCUT2D eigenvalue weighted by Crippen LogP contribution is -2.26. The molecule has 2 aromatic rings. The maximum absolute atomic E-state index is 13.0. The van der Waals surface area contributed by atoms with Crippen molar-refractivity contribution in [1.29, 1.82) is 0 Å². The molecule has 6 nitrogen and oxygen atoms in total. The largest absolute Gasteiger partial charge is 0.354 e. The van der Waals surface area contributed by atoms with Gasteiger partial charge in [-0.3, -0.25) is 14.4 Å². The third-order valence-corrected chi connectivity index (χ3v) is 5.82. The van der Waals surface area contributed by atoms with Crippen molar-refractivity contribution in [1.82, 2.24) is 15.2 Å². The molecule has 29 heavy (non-hydrogen) atoms. The highest BCUT2D eigenvalue weighted by Gasteiger charge is 2.33. The van der Waals surface area contributed by atoms with Crippen LogP contribution in [-0.2, 0) is 13.0 Å². The predicted molar refractivity (Wildman–Crippen MR) is 110 cm³/mol. The van der Waals surface area contributed by atoms with Gasteiger partial charge in [-0.15, -0.1) is 0 Å². The van der Waals surface area contributed by atoms with Crippen molar-refractivity contribution in [3.05, 3.63) is 57.4 Å². The van der Waals surface area contributed by atoms with Gasteiger partial charge in [-0.1, -0.05) is 13.0 Å². The fourth-order valence-electron chi connectivity index (χ4n) is 3.98. The summed E-state index contributed by atoms with van der Waals surface area (Å²) >= 11 is 0. The number of benzene rings is 1. The molecule has 0 saturated heterocycles. The van der Waals surface area contributed by atoms with E-state index >= 15 is 0 Å². The molecule has 1 aromatic heterocycles. The Morgan fingerprint density at radius 3 is 2.66 bits per heavy atom. The molecule has 0 unspecified atom stereocenters. The summed E-state index contributed by atoms with van der Waals surface area (Å²) in [6.07, 6.45) is 3.18. The Morgan fingerprint density at radius 2 is 2.00 bits per heavy atom. The number of amides is 2. The molecule has 1 aromatic carbocycles. The van der Waals surface area contributed by atoms with Crippen LogP contribution < -0.4 is 5.32 Å². The number of nitrogens with one attached hydrogen (secondary N) is 2. The van der Waals surface area contributed by atoms with Gasteiger partial charge in [0.25, 0.3) is 11.8 Å². The number of aryl methyl sites for hydroxylation is 1. The highest BCUT2D eigenvalue weighted by molar-refractivity contribution is 6.05. The quantitative estimate of drug-likeness (QED) is 0.708. The van der Waals surface area contributed by atoms with Crippen LogP contribution in [0.5, 0.6) is 0 Å². The van der Waals surface area contributed by atoms with Gasteiger partial charge >= 0.3 is 0 Å². The summed E-state index contributed by atoms with van der Waals surface area (Å²) in [7, 11) is 0. The summed E-state index contributed by atoms with van der Waals surface area (Å²) < 4.78 is 0. The van der Waals surface area contributed by atoms with Gasteiger partial charge in [0.15, 0.2) is 5.78 Å². The van der Waals surface area contributed by atoms with Crippen molar-refractivity contribution >= 4 is 17.6 Å². The molecule has 4 rings (SSSR count). The van der Waals surface area contributed by atoms with E-state index in [1.165, 1.54) is 0 Å². The Labute approximate surface area is 170 Å². The third-order valence-electron chi connectivity index (χ3n) is 5.82. The Hall–Kier alpha value is -2.89. The minimum Gasteiger partial charge on any atom is -0.354 e. The first kappa shape index (κ1) is 19.4. The van der Waals surface area contributed by atoms with Gasteiger partial charge in [-0.2, -0.15) is 0 Å². The lowest BCUT2D eigenvalue weighted by molar-refractivity contribution is 0.0776. The van der Waals surface area contributed by atoms with Gasteiger partial charge in [-0.05, 0) is 61.9 Å². The van der Waals surface area contributed by atoms with Gasteiger partial charge in [-0.25, -0.2) is 0 Å². The molecule has 2 amide bonds. The molecule has 2 aliphatic rings. The number of H-pyrrole nitrogens is 1. The Balaban J connectivity index is 1.53. The molecular weight excluding hydrogens is 366 g/mol. The van der Waals surface area contributed by atoms with Gasteiger partial charge in [0.2, 0.25) is 0 Å². The second-order valence-corrected chi connectivity index (χ2v) is 8.19. The summed E-state index contributed by atoms with van der Waals surface area (Å²) in [6, 6.07) is 5.79. The van der Waals surface area contributed by atoms with E-state index in [-0.39, 0.29) is 24.0 Å². The van der Waals surface area contributed by atoms with E-state index in [0.717, 1.165) is 48.2 Å². The summed E-state index contributed by atoms with van der Waals surface area (Å²) in [5, 5.41) is 2.98. The summed E-state index contributed by atoms with van der Waals surface area (Å²) in [5.74, 6) is -0.142. The number of aromatic nitrogens is 1. The number of fused-ring (bicyclic) bond motifs is 1. The highest BCUT2D eigenvalue weighted by atomic mass is 16.2. The molecule has 0 radical (unpaired) electrons. The van der Waals surface area contributed by atoms with Crippen LogP contribution in [0.4, 0.5) is 0 Å². The fraction of sp³-hybridized carbons (Fsp3) is 0.435. The van der Waals surface area contributed by atoms with Gasteiger partial charge in [0, 0.05) is 30.3 Å². The fourth-order valence-corrected chi connectivity index (χ4v) is 3.98. The average molecular weight is 393 g/mol. The normalized spacial score (nSPS) is 15.6. The molecule has 1 aliphatic heterocycles. The average Bonchev–Trinajstić information content (AvgIpc) is 3.36. The van der Waals surface area contributed by atoms with Crippen LogP contribution in [0.2, 0.25) is 0 Å². The van der Waals surface area contributed by atoms with Crippen LogP contribution in [0.1, 0.15) is 79.8 Å². The zero-order chi connectivity index (χ0) is 20.7. The van der Waals surface area contributed by atoms with Crippen molar-refractivity contribution in [2.24, 2.45) is 0 Å². The number of carbonyl (C=O) groups excluding carboxylic acids is 3. The minimum absolute atomic E-state index is 0.00424. The van der Waals surface area contributed by atoms with Crippen LogP contribution in [0, 0.1) is 13.8 Å². The van der Waals surface area contributed by atoms with Crippen molar-refractivity contribution in [2.75, 3.05) is 6.54 Å². The smallest absolute Gasteiger partial charge is 0.256 e. The maximum atomic E-state index is 13.0. The predicted octanol–water partition coefficient (Wildman–Crippen LogP) is 3.31. The Bertz CT molecular complexity index is 1000. The van der Waals surface area contributed by atoms with Gasteiger partial charge in [0.1, 0.15) is 0 Å². The van der Waals surface area contributed by atoms with Gasteiger partial charge in [0.05, 0.1) is 17.8 Å². The van der Waals surface area contributed by atoms with E-state index in [1.54, 1.807) is 6.07 Å². The lowest BCUT2D eigenvalue weighted by Gasteiger charge is -2.15. The summed E-state index contributed by atoms with van der Waals surface area (Å²) in [6.45, 7) is 7.08. The minimum atomic E-state index is -0.0853. The number of Topliss-reactive ketones (excluding diaryl/α,β-unsaturated/α-hetero) is 1. The third kappa shape index (κ3) is 3.71. The van der Waals surface area contributed by atoms with Crippen LogP contribution in [0.15, 0.2) is 18.2 Å². The SMILES string of the molecule is CCCN1Cc2[nH]c(C(=O)Cc3cc(C(=O)NC4CC4)ccc3C)c(C)c2C1=O. The molecule has 0 spiro atoms. The van der Waals surface area contributed by atoms with E-state index in [9.17, 15) is 14.4 Å². The van der Waals surface area contributed by atoms with Crippen LogP contribution in [0.25, 0.3) is 0 Å². The molecule has 1 aliphatic carbocycles. The molecule has 1 fully saturated rings. The number of carbonyl (C=O) groups is 3. The maximum Gasteiger partial charge on any atom is 0.256 e. The number of rotatable bonds is 7. The molecule has 1 saturated carbocycles. The highest BCUT2D eigenvalue weighted by Crippen LogP contribution is 2.29. The number of nitrogens with zero attached hydrogens (tertiary/aromatic N) is 1.